The maximum absolute atomic E-state index is 11.6. The van der Waals surface area contributed by atoms with Gasteiger partial charge in [-0.3, -0.25) is 10.2 Å². The van der Waals surface area contributed by atoms with Gasteiger partial charge < -0.3 is 5.73 Å². The molecule has 2 saturated carbocycles. The molecule has 0 radical (unpaired) electrons. The van der Waals surface area contributed by atoms with Gasteiger partial charge in [-0.25, -0.2) is 8.42 Å². The molecule has 0 unspecified atom stereocenters. The van der Waals surface area contributed by atoms with Crippen LogP contribution >= 0.6 is 0 Å². The molecule has 1 amide bonds. The Balaban J connectivity index is 1.82. The van der Waals surface area contributed by atoms with E-state index in [1.807, 2.05) is 6.92 Å². The Morgan fingerprint density at radius 2 is 2.12 bits per heavy atom. The lowest BCUT2D eigenvalue weighted by molar-refractivity contribution is -0.123. The van der Waals surface area contributed by atoms with Crippen LogP contribution in [-0.2, 0) is 14.8 Å². The molecular weight excluding hydrogens is 230 g/mol. The summed E-state index contributed by atoms with van der Waals surface area (Å²) >= 11 is 0. The Hall–Kier alpha value is -0.660. The number of hydrogen-bond acceptors (Lipinski definition) is 4. The normalized spacial score (nSPS) is 30.9. The van der Waals surface area contributed by atoms with Crippen molar-refractivity contribution >= 4 is 15.9 Å². The van der Waals surface area contributed by atoms with Crippen molar-refractivity contribution in [3.63, 3.8) is 0 Å². The highest BCUT2D eigenvalue weighted by molar-refractivity contribution is 7.91. The van der Waals surface area contributed by atoms with Crippen molar-refractivity contribution in [3.8, 4) is 0 Å². The molecule has 6 nitrogen and oxygen atoms in total. The second kappa shape index (κ2) is 3.68. The average Bonchev–Trinajstić information content (AvgIpc) is 3.09. The quantitative estimate of drug-likeness (QED) is 0.566. The molecule has 2 rings (SSSR count). The first-order valence-electron chi connectivity index (χ1n) is 5.50. The molecule has 92 valence electrons. The van der Waals surface area contributed by atoms with Gasteiger partial charge in [0, 0.05) is 5.92 Å². The topological polar surface area (TPSA) is 101 Å². The van der Waals surface area contributed by atoms with Gasteiger partial charge >= 0.3 is 0 Å². The lowest BCUT2D eigenvalue weighted by Gasteiger charge is -2.12. The average molecular weight is 247 g/mol. The third kappa shape index (κ3) is 2.07. The summed E-state index contributed by atoms with van der Waals surface area (Å²) in [6, 6.07) is 0. The summed E-state index contributed by atoms with van der Waals surface area (Å²) in [5, 5.41) is 0. The molecule has 0 aromatic rings. The zero-order chi connectivity index (χ0) is 12.0. The highest BCUT2D eigenvalue weighted by atomic mass is 32.2. The first-order chi connectivity index (χ1) is 7.39. The fourth-order valence-corrected chi connectivity index (χ4v) is 2.80. The van der Waals surface area contributed by atoms with E-state index in [0.29, 0.717) is 18.8 Å². The van der Waals surface area contributed by atoms with Gasteiger partial charge in [0.2, 0.25) is 15.9 Å². The van der Waals surface area contributed by atoms with E-state index in [-0.39, 0.29) is 11.8 Å². The number of hydrogen-bond donors (Lipinski definition) is 3. The predicted octanol–water partition coefficient (Wildman–Crippen LogP) is -0.568. The largest absolute Gasteiger partial charge is 0.311 e. The minimum Gasteiger partial charge on any atom is -0.311 e. The van der Waals surface area contributed by atoms with Crippen LogP contribution < -0.4 is 16.0 Å². The Kier molecular flexibility index (Phi) is 2.72. The van der Waals surface area contributed by atoms with E-state index >= 15 is 0 Å². The van der Waals surface area contributed by atoms with E-state index in [2.05, 4.69) is 10.3 Å². The summed E-state index contributed by atoms with van der Waals surface area (Å²) in [5.74, 6) is 0.109. The van der Waals surface area contributed by atoms with Crippen LogP contribution in [0.5, 0.6) is 0 Å². The number of hydrazine groups is 1. The van der Waals surface area contributed by atoms with Crippen molar-refractivity contribution in [3.05, 3.63) is 0 Å². The van der Waals surface area contributed by atoms with Crippen LogP contribution in [0.2, 0.25) is 0 Å². The Morgan fingerprint density at radius 1 is 1.50 bits per heavy atom. The third-order valence-electron chi connectivity index (χ3n) is 3.37. The second-order valence-electron chi connectivity index (χ2n) is 4.67. The molecule has 0 bridgehead atoms. The number of amides is 1. The Bertz CT molecular complexity index is 402. The van der Waals surface area contributed by atoms with E-state index in [4.69, 9.17) is 5.73 Å². The maximum Gasteiger partial charge on any atom is 0.247 e. The molecule has 0 aliphatic heterocycles. The van der Waals surface area contributed by atoms with Gasteiger partial charge in [-0.15, -0.1) is 4.83 Å². The van der Waals surface area contributed by atoms with Crippen molar-refractivity contribution < 1.29 is 13.2 Å². The number of carbonyl (C=O) groups is 1. The van der Waals surface area contributed by atoms with Gasteiger partial charge in [-0.1, -0.05) is 13.3 Å². The summed E-state index contributed by atoms with van der Waals surface area (Å²) in [6.07, 6.45) is 2.68. The Labute approximate surface area is 95.0 Å². The van der Waals surface area contributed by atoms with Gasteiger partial charge in [0.1, 0.15) is 4.87 Å². The standard InChI is InChI=1S/C9H17N3O3S/c1-2-6-5-7(6)8(13)11-12-16(14,15)9(10)3-4-9/h6-7,12H,2-5,10H2,1H3,(H,11,13)/t6-,7+/m0/s1. The third-order valence-corrected chi connectivity index (χ3v) is 5.22. The van der Waals surface area contributed by atoms with Crippen LogP contribution in [0.1, 0.15) is 32.6 Å². The summed E-state index contributed by atoms with van der Waals surface area (Å²) in [6.45, 7) is 2.02. The SMILES string of the molecule is CC[C@H]1C[C@H]1C(=O)NNS(=O)(=O)C1(N)CC1. The molecule has 2 aliphatic carbocycles. The number of rotatable bonds is 5. The minimum atomic E-state index is -3.62. The van der Waals surface area contributed by atoms with E-state index in [1.54, 1.807) is 0 Å². The fourth-order valence-electron chi connectivity index (χ4n) is 1.72. The molecule has 2 fully saturated rings. The fraction of sp³-hybridized carbons (Fsp3) is 0.889. The predicted molar refractivity (Wildman–Crippen MR) is 58.2 cm³/mol. The molecule has 16 heavy (non-hydrogen) atoms. The summed E-state index contributed by atoms with van der Waals surface area (Å²) in [5.41, 5.74) is 7.79. The Morgan fingerprint density at radius 3 is 2.56 bits per heavy atom. The summed E-state index contributed by atoms with van der Waals surface area (Å²) in [7, 11) is -3.62. The van der Waals surface area contributed by atoms with Crippen molar-refractivity contribution in [2.45, 2.75) is 37.5 Å². The lowest BCUT2D eigenvalue weighted by Crippen LogP contribution is -2.50. The summed E-state index contributed by atoms with van der Waals surface area (Å²) in [4.78, 5) is 12.4. The zero-order valence-electron chi connectivity index (χ0n) is 9.19. The lowest BCUT2D eigenvalue weighted by atomic mass is 10.2. The smallest absolute Gasteiger partial charge is 0.247 e. The van der Waals surface area contributed by atoms with E-state index < -0.39 is 14.9 Å². The van der Waals surface area contributed by atoms with Crippen molar-refractivity contribution in [2.24, 2.45) is 17.6 Å². The molecule has 2 aliphatic rings. The van der Waals surface area contributed by atoms with E-state index in [1.165, 1.54) is 0 Å². The van der Waals surface area contributed by atoms with E-state index in [9.17, 15) is 13.2 Å². The molecule has 0 aromatic heterocycles. The van der Waals surface area contributed by atoms with Crippen molar-refractivity contribution in [1.29, 1.82) is 0 Å². The second-order valence-corrected chi connectivity index (χ2v) is 6.69. The van der Waals surface area contributed by atoms with Gasteiger partial charge in [-0.2, -0.15) is 0 Å². The molecule has 4 N–H and O–H groups in total. The first-order valence-corrected chi connectivity index (χ1v) is 6.98. The van der Waals surface area contributed by atoms with Crippen LogP contribution in [0.15, 0.2) is 0 Å². The number of nitrogens with one attached hydrogen (secondary N) is 2. The van der Waals surface area contributed by atoms with Gasteiger partial charge in [0.05, 0.1) is 0 Å². The van der Waals surface area contributed by atoms with Crippen molar-refractivity contribution in [1.82, 2.24) is 10.3 Å². The molecule has 0 aromatic carbocycles. The maximum atomic E-state index is 11.6. The van der Waals surface area contributed by atoms with Gasteiger partial charge in [0.25, 0.3) is 0 Å². The van der Waals surface area contributed by atoms with E-state index in [0.717, 1.165) is 12.8 Å². The zero-order valence-corrected chi connectivity index (χ0v) is 10.0. The van der Waals surface area contributed by atoms with Gasteiger partial charge in [0.15, 0.2) is 0 Å². The monoisotopic (exact) mass is 247 g/mol. The molecule has 0 heterocycles. The van der Waals surface area contributed by atoms with Crippen molar-refractivity contribution in [2.75, 3.05) is 0 Å². The molecule has 0 spiro atoms. The highest BCUT2D eigenvalue weighted by Crippen LogP contribution is 2.41. The number of sulfonamides is 1. The molecule has 0 saturated heterocycles. The van der Waals surface area contributed by atoms with Crippen LogP contribution in [0.4, 0.5) is 0 Å². The molecular formula is C9H17N3O3S. The van der Waals surface area contributed by atoms with Crippen LogP contribution in [-0.4, -0.2) is 19.2 Å². The van der Waals surface area contributed by atoms with Crippen LogP contribution in [0.3, 0.4) is 0 Å². The van der Waals surface area contributed by atoms with Crippen LogP contribution in [0, 0.1) is 11.8 Å². The highest BCUT2D eigenvalue weighted by Gasteiger charge is 2.51. The molecule has 7 heteroatoms. The number of nitrogens with two attached hydrogens (primary N) is 1. The minimum absolute atomic E-state index is 0.0411. The molecule has 2 atom stereocenters. The summed E-state index contributed by atoms with van der Waals surface area (Å²) < 4.78 is 23.1. The first kappa shape index (κ1) is 11.8. The van der Waals surface area contributed by atoms with Gasteiger partial charge in [-0.05, 0) is 25.2 Å². The van der Waals surface area contributed by atoms with Crippen LogP contribution in [0.25, 0.3) is 0 Å². The number of carbonyl (C=O) groups excluding carboxylic acids is 1.